The van der Waals surface area contributed by atoms with Gasteiger partial charge in [0.25, 0.3) is 0 Å². The number of hydrogen-bond acceptors (Lipinski definition) is 5. The molecule has 4 aromatic rings. The number of aromatic amines is 1. The minimum absolute atomic E-state index is 0.0550. The number of methoxy groups -OCH3 is 1. The van der Waals surface area contributed by atoms with Crippen LogP contribution in [0.15, 0.2) is 60.0 Å². The second-order valence-electron chi connectivity index (χ2n) is 5.54. The second-order valence-corrected chi connectivity index (χ2v) is 6.87. The third-order valence-corrected chi connectivity index (χ3v) is 4.85. The topological polar surface area (TPSA) is 68.1 Å². The van der Waals surface area contributed by atoms with E-state index in [1.807, 2.05) is 42.7 Å². The van der Waals surface area contributed by atoms with Gasteiger partial charge in [0.1, 0.15) is 0 Å². The monoisotopic (exact) mass is 351 g/mol. The van der Waals surface area contributed by atoms with E-state index < -0.39 is 0 Å². The maximum Gasteiger partial charge on any atom is 0.198 e. The molecule has 1 unspecified atom stereocenters. The summed E-state index contributed by atoms with van der Waals surface area (Å²) in [4.78, 5) is 12.4. The molecule has 4 rings (SSSR count). The molecule has 0 aliphatic rings. The average Bonchev–Trinajstić information content (AvgIpc) is 3.29. The standard InChI is InChI=1S/C18H17N5OS/c1-12(16-21-17-15(24-2)9-6-10-23(17)22-16)25-18-19-11-14(20-18)13-7-4-3-5-8-13/h3-12H,1-2H3,(H,19,20). The van der Waals surface area contributed by atoms with Crippen LogP contribution < -0.4 is 4.74 Å². The summed E-state index contributed by atoms with van der Waals surface area (Å²) >= 11 is 1.60. The molecule has 1 aromatic carbocycles. The quantitative estimate of drug-likeness (QED) is 0.551. The van der Waals surface area contributed by atoms with Crippen LogP contribution in [0, 0.1) is 0 Å². The number of rotatable bonds is 5. The Balaban J connectivity index is 1.56. The van der Waals surface area contributed by atoms with Gasteiger partial charge in [-0.25, -0.2) is 14.5 Å². The Morgan fingerprint density at radius 3 is 2.80 bits per heavy atom. The van der Waals surface area contributed by atoms with Crippen molar-refractivity contribution in [2.45, 2.75) is 17.3 Å². The first-order chi connectivity index (χ1) is 12.2. The maximum atomic E-state index is 5.34. The van der Waals surface area contributed by atoms with E-state index in [2.05, 4.69) is 39.1 Å². The molecule has 1 atom stereocenters. The minimum atomic E-state index is 0.0550. The Morgan fingerprint density at radius 1 is 1.16 bits per heavy atom. The Bertz CT molecular complexity index is 995. The number of pyridine rings is 1. The summed E-state index contributed by atoms with van der Waals surface area (Å²) in [5, 5.41) is 5.45. The lowest BCUT2D eigenvalue weighted by molar-refractivity contribution is 0.416. The Hall–Kier alpha value is -2.80. The summed E-state index contributed by atoms with van der Waals surface area (Å²) in [5.41, 5.74) is 2.84. The van der Waals surface area contributed by atoms with Gasteiger partial charge >= 0.3 is 0 Å². The fourth-order valence-corrected chi connectivity index (χ4v) is 3.40. The molecule has 0 aliphatic heterocycles. The molecule has 0 saturated carbocycles. The van der Waals surface area contributed by atoms with Gasteiger partial charge < -0.3 is 9.72 Å². The summed E-state index contributed by atoms with van der Waals surface area (Å²) in [6.07, 6.45) is 3.72. The number of nitrogens with one attached hydrogen (secondary N) is 1. The number of fused-ring (bicyclic) bond motifs is 1. The largest absolute Gasteiger partial charge is 0.493 e. The van der Waals surface area contributed by atoms with E-state index in [-0.39, 0.29) is 5.25 Å². The Kier molecular flexibility index (Phi) is 4.15. The highest BCUT2D eigenvalue weighted by molar-refractivity contribution is 7.99. The molecule has 7 heteroatoms. The predicted octanol–water partition coefficient (Wildman–Crippen LogP) is 3.98. The number of ether oxygens (including phenoxy) is 1. The molecule has 25 heavy (non-hydrogen) atoms. The van der Waals surface area contributed by atoms with Gasteiger partial charge in [0, 0.05) is 6.20 Å². The van der Waals surface area contributed by atoms with Crippen molar-refractivity contribution in [1.29, 1.82) is 0 Å². The van der Waals surface area contributed by atoms with Crippen LogP contribution in [0.1, 0.15) is 18.0 Å². The molecule has 0 amide bonds. The second kappa shape index (κ2) is 6.60. The Morgan fingerprint density at radius 2 is 2.00 bits per heavy atom. The van der Waals surface area contributed by atoms with Crippen LogP contribution in [-0.4, -0.2) is 31.7 Å². The van der Waals surface area contributed by atoms with E-state index in [1.165, 1.54) is 0 Å². The molecular weight excluding hydrogens is 334 g/mol. The van der Waals surface area contributed by atoms with Gasteiger partial charge in [0.15, 0.2) is 22.4 Å². The van der Waals surface area contributed by atoms with Gasteiger partial charge in [0.05, 0.1) is 24.3 Å². The van der Waals surface area contributed by atoms with Crippen molar-refractivity contribution >= 4 is 17.4 Å². The van der Waals surface area contributed by atoms with Gasteiger partial charge in [-0.3, -0.25) is 0 Å². The number of hydrogen-bond donors (Lipinski definition) is 1. The molecule has 6 nitrogen and oxygen atoms in total. The number of benzene rings is 1. The summed E-state index contributed by atoms with van der Waals surface area (Å²) < 4.78 is 7.08. The molecule has 0 spiro atoms. The fraction of sp³-hybridized carbons (Fsp3) is 0.167. The van der Waals surface area contributed by atoms with Crippen molar-refractivity contribution in [3.05, 3.63) is 60.7 Å². The summed E-state index contributed by atoms with van der Waals surface area (Å²) in [6, 6.07) is 13.9. The summed E-state index contributed by atoms with van der Waals surface area (Å²) in [5.74, 6) is 1.45. The number of nitrogens with zero attached hydrogens (tertiary/aromatic N) is 4. The van der Waals surface area contributed by atoms with E-state index >= 15 is 0 Å². The molecule has 0 aliphatic carbocycles. The number of imidazole rings is 1. The lowest BCUT2D eigenvalue weighted by atomic mass is 10.2. The van der Waals surface area contributed by atoms with Crippen LogP contribution in [0.2, 0.25) is 0 Å². The van der Waals surface area contributed by atoms with Crippen LogP contribution in [0.3, 0.4) is 0 Å². The van der Waals surface area contributed by atoms with Gasteiger partial charge in [0.2, 0.25) is 0 Å². The van der Waals surface area contributed by atoms with Crippen molar-refractivity contribution in [3.8, 4) is 17.0 Å². The minimum Gasteiger partial charge on any atom is -0.493 e. The zero-order valence-electron chi connectivity index (χ0n) is 13.9. The first-order valence-corrected chi connectivity index (χ1v) is 8.79. The predicted molar refractivity (Wildman–Crippen MR) is 97.8 cm³/mol. The molecule has 0 radical (unpaired) electrons. The van der Waals surface area contributed by atoms with Crippen LogP contribution in [0.5, 0.6) is 5.75 Å². The van der Waals surface area contributed by atoms with E-state index in [0.717, 1.165) is 27.9 Å². The maximum absolute atomic E-state index is 5.34. The van der Waals surface area contributed by atoms with E-state index in [0.29, 0.717) is 5.75 Å². The lowest BCUT2D eigenvalue weighted by Gasteiger charge is -2.03. The zero-order valence-corrected chi connectivity index (χ0v) is 14.7. The number of H-pyrrole nitrogens is 1. The lowest BCUT2D eigenvalue weighted by Crippen LogP contribution is -1.93. The van der Waals surface area contributed by atoms with Gasteiger partial charge in [-0.15, -0.1) is 5.10 Å². The molecule has 0 bridgehead atoms. The van der Waals surface area contributed by atoms with Crippen molar-refractivity contribution in [2.24, 2.45) is 0 Å². The number of thioether (sulfide) groups is 1. The molecule has 3 heterocycles. The van der Waals surface area contributed by atoms with Gasteiger partial charge in [-0.1, -0.05) is 42.1 Å². The van der Waals surface area contributed by atoms with Crippen molar-refractivity contribution in [2.75, 3.05) is 7.11 Å². The Labute approximate surface area is 149 Å². The van der Waals surface area contributed by atoms with E-state index in [9.17, 15) is 0 Å². The molecular formula is C18H17N5OS. The highest BCUT2D eigenvalue weighted by atomic mass is 32.2. The van der Waals surface area contributed by atoms with Gasteiger partial charge in [-0.05, 0) is 24.6 Å². The van der Waals surface area contributed by atoms with Gasteiger partial charge in [-0.2, -0.15) is 0 Å². The third kappa shape index (κ3) is 3.10. The average molecular weight is 351 g/mol. The molecule has 1 N–H and O–H groups in total. The summed E-state index contributed by atoms with van der Waals surface area (Å²) in [7, 11) is 1.63. The van der Waals surface area contributed by atoms with E-state index in [4.69, 9.17) is 4.74 Å². The number of aromatic nitrogens is 5. The fourth-order valence-electron chi connectivity index (χ4n) is 2.58. The van der Waals surface area contributed by atoms with Crippen LogP contribution in [0.25, 0.3) is 16.9 Å². The SMILES string of the molecule is COc1cccn2nc(C(C)Sc3ncc(-c4ccccc4)[nH]3)nc12. The first kappa shape index (κ1) is 15.7. The van der Waals surface area contributed by atoms with E-state index in [1.54, 1.807) is 23.4 Å². The smallest absolute Gasteiger partial charge is 0.198 e. The zero-order chi connectivity index (χ0) is 17.2. The summed E-state index contributed by atoms with van der Waals surface area (Å²) in [6.45, 7) is 2.07. The molecule has 3 aromatic heterocycles. The molecule has 0 saturated heterocycles. The van der Waals surface area contributed by atoms with Crippen LogP contribution in [0.4, 0.5) is 0 Å². The molecule has 0 fully saturated rings. The van der Waals surface area contributed by atoms with Crippen LogP contribution >= 0.6 is 11.8 Å². The van der Waals surface area contributed by atoms with Crippen molar-refractivity contribution in [1.82, 2.24) is 24.6 Å². The normalized spacial score (nSPS) is 12.4. The first-order valence-electron chi connectivity index (χ1n) is 7.91. The van der Waals surface area contributed by atoms with Crippen molar-refractivity contribution in [3.63, 3.8) is 0 Å². The van der Waals surface area contributed by atoms with Crippen molar-refractivity contribution < 1.29 is 4.74 Å². The van der Waals surface area contributed by atoms with Crippen LogP contribution in [-0.2, 0) is 0 Å². The third-order valence-electron chi connectivity index (χ3n) is 3.85. The highest BCUT2D eigenvalue weighted by Crippen LogP contribution is 2.33. The molecule has 126 valence electrons. The highest BCUT2D eigenvalue weighted by Gasteiger charge is 2.17.